The Kier molecular flexibility index (Phi) is 6.53. The molecule has 144 valence electrons. The van der Waals surface area contributed by atoms with Gasteiger partial charge < -0.3 is 10.1 Å². The molecule has 0 aliphatic heterocycles. The maximum Gasteiger partial charge on any atom is 0.262 e. The Balaban J connectivity index is 1.56. The number of carbonyl (C=O) groups is 1. The van der Waals surface area contributed by atoms with Crippen molar-refractivity contribution in [3.8, 4) is 5.75 Å². The van der Waals surface area contributed by atoms with Gasteiger partial charge in [-0.3, -0.25) is 9.52 Å². The molecule has 0 aliphatic rings. The van der Waals surface area contributed by atoms with Gasteiger partial charge in [0.05, 0.1) is 4.90 Å². The normalized spacial score (nSPS) is 10.9. The molecule has 0 aromatic heterocycles. The number of sulfonamides is 1. The second-order valence-electron chi connectivity index (χ2n) is 5.79. The van der Waals surface area contributed by atoms with Crippen LogP contribution in [0.3, 0.4) is 0 Å². The lowest BCUT2D eigenvalue weighted by Crippen LogP contribution is -2.20. The molecule has 0 atom stereocenters. The van der Waals surface area contributed by atoms with Crippen molar-refractivity contribution in [2.75, 3.05) is 16.6 Å². The molecule has 0 aliphatic carbocycles. The third-order valence-corrected chi connectivity index (χ3v) is 5.77. The van der Waals surface area contributed by atoms with E-state index in [0.29, 0.717) is 17.1 Å². The summed E-state index contributed by atoms with van der Waals surface area (Å²) in [7, 11) is -3.69. The van der Waals surface area contributed by atoms with Crippen LogP contribution in [0, 0.1) is 3.57 Å². The fourth-order valence-electron chi connectivity index (χ4n) is 2.31. The van der Waals surface area contributed by atoms with Crippen molar-refractivity contribution in [2.24, 2.45) is 0 Å². The van der Waals surface area contributed by atoms with Crippen molar-refractivity contribution in [1.82, 2.24) is 0 Å². The Morgan fingerprint density at radius 1 is 0.857 bits per heavy atom. The summed E-state index contributed by atoms with van der Waals surface area (Å²) in [5.74, 6) is 0.0973. The second kappa shape index (κ2) is 9.07. The Bertz CT molecular complexity index is 1040. The van der Waals surface area contributed by atoms with E-state index < -0.39 is 10.0 Å². The summed E-state index contributed by atoms with van der Waals surface area (Å²) < 4.78 is 33.8. The smallest absolute Gasteiger partial charge is 0.262 e. The lowest BCUT2D eigenvalue weighted by atomic mass is 10.3. The number of nitrogens with one attached hydrogen (secondary N) is 2. The van der Waals surface area contributed by atoms with Crippen LogP contribution < -0.4 is 14.8 Å². The molecular weight excluding hydrogens is 491 g/mol. The highest BCUT2D eigenvalue weighted by Crippen LogP contribution is 2.19. The summed E-state index contributed by atoms with van der Waals surface area (Å²) in [5.41, 5.74) is 1.16. The molecule has 2 N–H and O–H groups in total. The van der Waals surface area contributed by atoms with Crippen LogP contribution >= 0.6 is 22.6 Å². The van der Waals surface area contributed by atoms with E-state index in [1.54, 1.807) is 42.5 Å². The Morgan fingerprint density at radius 3 is 2.14 bits per heavy atom. The first kappa shape index (κ1) is 20.2. The van der Waals surface area contributed by atoms with E-state index >= 15 is 0 Å². The van der Waals surface area contributed by atoms with Crippen molar-refractivity contribution in [2.45, 2.75) is 4.90 Å². The fourth-order valence-corrected chi connectivity index (χ4v) is 3.73. The molecule has 0 saturated carbocycles. The third kappa shape index (κ3) is 5.70. The minimum absolute atomic E-state index is 0.104. The third-order valence-electron chi connectivity index (χ3n) is 3.66. The van der Waals surface area contributed by atoms with Crippen molar-refractivity contribution >= 4 is 49.9 Å². The highest BCUT2D eigenvalue weighted by molar-refractivity contribution is 14.1. The Labute approximate surface area is 177 Å². The molecule has 28 heavy (non-hydrogen) atoms. The molecule has 0 saturated heterocycles. The zero-order chi connectivity index (χ0) is 20.0. The van der Waals surface area contributed by atoms with Crippen LogP contribution in [-0.2, 0) is 14.8 Å². The van der Waals surface area contributed by atoms with Crippen molar-refractivity contribution in [3.05, 3.63) is 82.4 Å². The lowest BCUT2D eigenvalue weighted by Gasteiger charge is -2.10. The van der Waals surface area contributed by atoms with Crippen LogP contribution in [-0.4, -0.2) is 20.9 Å². The number of hydrogen-bond acceptors (Lipinski definition) is 4. The standard InChI is InChI=1S/C20H17IN2O4S/c21-15-6-8-16(9-7-15)22-20(24)14-27-18-10-12-19(13-11-18)28(25,26)23-17-4-2-1-3-5-17/h1-13,23H,14H2,(H,22,24). The van der Waals surface area contributed by atoms with Gasteiger partial charge in [-0.25, -0.2) is 8.42 Å². The molecule has 3 aromatic rings. The number of rotatable bonds is 7. The minimum atomic E-state index is -3.69. The topological polar surface area (TPSA) is 84.5 Å². The fraction of sp³-hybridized carbons (Fsp3) is 0.0500. The van der Waals surface area contributed by atoms with E-state index in [9.17, 15) is 13.2 Å². The van der Waals surface area contributed by atoms with E-state index in [-0.39, 0.29) is 17.4 Å². The molecule has 0 heterocycles. The number of hydrogen-bond donors (Lipinski definition) is 2. The van der Waals surface area contributed by atoms with Gasteiger partial charge in [0.1, 0.15) is 5.75 Å². The van der Waals surface area contributed by atoms with Gasteiger partial charge in [0.15, 0.2) is 6.61 Å². The molecule has 0 bridgehead atoms. The number of ether oxygens (including phenoxy) is 1. The first-order valence-corrected chi connectivity index (χ1v) is 10.8. The van der Waals surface area contributed by atoms with E-state index in [4.69, 9.17) is 4.74 Å². The second-order valence-corrected chi connectivity index (χ2v) is 8.71. The zero-order valence-corrected chi connectivity index (χ0v) is 17.6. The van der Waals surface area contributed by atoms with Gasteiger partial charge in [0, 0.05) is 14.9 Å². The summed E-state index contributed by atoms with van der Waals surface area (Å²) in [6.45, 7) is -0.180. The summed E-state index contributed by atoms with van der Waals surface area (Å²) >= 11 is 2.18. The Hall–Kier alpha value is -2.59. The van der Waals surface area contributed by atoms with Gasteiger partial charge in [-0.15, -0.1) is 0 Å². The molecule has 0 fully saturated rings. The first-order valence-electron chi connectivity index (χ1n) is 8.28. The molecule has 3 aromatic carbocycles. The number of halogens is 1. The number of para-hydroxylation sites is 1. The molecule has 3 rings (SSSR count). The molecule has 1 amide bonds. The predicted molar refractivity (Wildman–Crippen MR) is 117 cm³/mol. The summed E-state index contributed by atoms with van der Waals surface area (Å²) in [6, 6.07) is 21.9. The van der Waals surface area contributed by atoms with E-state index in [1.165, 1.54) is 24.3 Å². The van der Waals surface area contributed by atoms with Crippen LogP contribution in [0.4, 0.5) is 11.4 Å². The molecule has 0 unspecified atom stereocenters. The van der Waals surface area contributed by atoms with Gasteiger partial charge >= 0.3 is 0 Å². The van der Waals surface area contributed by atoms with Crippen LogP contribution in [0.1, 0.15) is 0 Å². The monoisotopic (exact) mass is 508 g/mol. The van der Waals surface area contributed by atoms with Crippen molar-refractivity contribution in [1.29, 1.82) is 0 Å². The molecule has 0 radical (unpaired) electrons. The number of amides is 1. The predicted octanol–water partition coefficient (Wildman–Crippen LogP) is 4.11. The Morgan fingerprint density at radius 2 is 1.50 bits per heavy atom. The molecule has 8 heteroatoms. The summed E-state index contributed by atoms with van der Waals surface area (Å²) in [4.78, 5) is 12.1. The van der Waals surface area contributed by atoms with Gasteiger partial charge in [-0.05, 0) is 83.3 Å². The largest absolute Gasteiger partial charge is 0.484 e. The van der Waals surface area contributed by atoms with E-state index in [1.807, 2.05) is 12.1 Å². The highest BCUT2D eigenvalue weighted by atomic mass is 127. The quantitative estimate of drug-likeness (QED) is 0.471. The van der Waals surface area contributed by atoms with Crippen molar-refractivity contribution < 1.29 is 17.9 Å². The van der Waals surface area contributed by atoms with Crippen molar-refractivity contribution in [3.63, 3.8) is 0 Å². The highest BCUT2D eigenvalue weighted by Gasteiger charge is 2.14. The van der Waals surface area contributed by atoms with Crippen LogP contribution in [0.15, 0.2) is 83.8 Å². The van der Waals surface area contributed by atoms with Gasteiger partial charge in [0.2, 0.25) is 0 Å². The molecule has 0 spiro atoms. The number of anilines is 2. The zero-order valence-electron chi connectivity index (χ0n) is 14.6. The average Bonchev–Trinajstić information content (AvgIpc) is 2.69. The maximum atomic E-state index is 12.4. The SMILES string of the molecule is O=C(COc1ccc(S(=O)(=O)Nc2ccccc2)cc1)Nc1ccc(I)cc1. The number of carbonyl (C=O) groups excluding carboxylic acids is 1. The van der Waals surface area contributed by atoms with E-state index in [2.05, 4.69) is 32.6 Å². The summed E-state index contributed by atoms with van der Waals surface area (Å²) in [5, 5.41) is 2.73. The van der Waals surface area contributed by atoms with Gasteiger partial charge in [0.25, 0.3) is 15.9 Å². The van der Waals surface area contributed by atoms with Crippen LogP contribution in [0.25, 0.3) is 0 Å². The van der Waals surface area contributed by atoms with Gasteiger partial charge in [-0.1, -0.05) is 18.2 Å². The van der Waals surface area contributed by atoms with Crippen LogP contribution in [0.2, 0.25) is 0 Å². The lowest BCUT2D eigenvalue weighted by molar-refractivity contribution is -0.118. The average molecular weight is 508 g/mol. The summed E-state index contributed by atoms with van der Waals surface area (Å²) in [6.07, 6.45) is 0. The minimum Gasteiger partial charge on any atom is -0.484 e. The first-order chi connectivity index (χ1) is 13.4. The number of benzene rings is 3. The van der Waals surface area contributed by atoms with Gasteiger partial charge in [-0.2, -0.15) is 0 Å². The maximum absolute atomic E-state index is 12.4. The molecular formula is C20H17IN2O4S. The van der Waals surface area contributed by atoms with E-state index in [0.717, 1.165) is 3.57 Å². The van der Waals surface area contributed by atoms with Crippen LogP contribution in [0.5, 0.6) is 5.75 Å². The molecule has 6 nitrogen and oxygen atoms in total.